The second-order valence-electron chi connectivity index (χ2n) is 8.19. The standard InChI is InChI=1S/C29H26N6O5/c1-3-39-22-12-10-21(11-13-22)32-26(36)18-40-24-14-9-19(15-25(24)38-2)17-31-35-29-33-27(20-7-5-4-6-8-20)23(16-30)28(37)34-29/h4-15,17H,3,18H2,1-2H3,(H,32,36)(H2,33,34,35,37). The zero-order valence-corrected chi connectivity index (χ0v) is 21.8. The molecular weight excluding hydrogens is 512 g/mol. The maximum absolute atomic E-state index is 12.4. The molecular formula is C29H26N6O5. The molecule has 3 N–H and O–H groups in total. The molecule has 0 aliphatic rings. The highest BCUT2D eigenvalue weighted by Gasteiger charge is 2.13. The topological polar surface area (TPSA) is 151 Å². The molecule has 11 heteroatoms. The summed E-state index contributed by atoms with van der Waals surface area (Å²) in [5.41, 5.74) is 4.16. The number of hydrogen-bond donors (Lipinski definition) is 3. The molecule has 0 fully saturated rings. The number of nitrogens with one attached hydrogen (secondary N) is 3. The molecule has 1 aromatic heterocycles. The van der Waals surface area contributed by atoms with Gasteiger partial charge < -0.3 is 19.5 Å². The number of nitrogens with zero attached hydrogens (tertiary/aromatic N) is 3. The lowest BCUT2D eigenvalue weighted by atomic mass is 10.1. The number of methoxy groups -OCH3 is 1. The highest BCUT2D eigenvalue weighted by Crippen LogP contribution is 2.28. The predicted molar refractivity (Wildman–Crippen MR) is 151 cm³/mol. The molecule has 4 rings (SSSR count). The van der Waals surface area contributed by atoms with Crippen molar-refractivity contribution in [3.63, 3.8) is 0 Å². The van der Waals surface area contributed by atoms with E-state index in [0.717, 1.165) is 5.75 Å². The second-order valence-corrected chi connectivity index (χ2v) is 8.19. The summed E-state index contributed by atoms with van der Waals surface area (Å²) in [6, 6.07) is 22.9. The van der Waals surface area contributed by atoms with Crippen molar-refractivity contribution in [2.24, 2.45) is 5.10 Å². The van der Waals surface area contributed by atoms with Crippen LogP contribution in [0.15, 0.2) is 82.7 Å². The summed E-state index contributed by atoms with van der Waals surface area (Å²) in [4.78, 5) is 31.6. The molecule has 1 heterocycles. The van der Waals surface area contributed by atoms with Gasteiger partial charge in [0.25, 0.3) is 11.5 Å². The number of aromatic amines is 1. The Morgan fingerprint density at radius 1 is 1.07 bits per heavy atom. The van der Waals surface area contributed by atoms with Gasteiger partial charge in [-0.05, 0) is 55.0 Å². The van der Waals surface area contributed by atoms with Gasteiger partial charge in [-0.2, -0.15) is 10.4 Å². The molecule has 0 aliphatic heterocycles. The van der Waals surface area contributed by atoms with Crippen molar-refractivity contribution in [3.05, 3.63) is 94.3 Å². The molecule has 0 spiro atoms. The third-order valence-corrected chi connectivity index (χ3v) is 5.46. The van der Waals surface area contributed by atoms with Gasteiger partial charge in [0.15, 0.2) is 18.1 Å². The third kappa shape index (κ3) is 7.02. The Bertz CT molecular complexity index is 1590. The van der Waals surface area contributed by atoms with Crippen LogP contribution in [0.5, 0.6) is 17.2 Å². The van der Waals surface area contributed by atoms with Crippen LogP contribution in [0.3, 0.4) is 0 Å². The minimum atomic E-state index is -0.580. The van der Waals surface area contributed by atoms with Crippen LogP contribution in [-0.4, -0.2) is 42.4 Å². The van der Waals surface area contributed by atoms with E-state index >= 15 is 0 Å². The van der Waals surface area contributed by atoms with Crippen LogP contribution in [0.4, 0.5) is 11.6 Å². The maximum Gasteiger partial charge on any atom is 0.270 e. The predicted octanol–water partition coefficient (Wildman–Crippen LogP) is 4.18. The average molecular weight is 539 g/mol. The summed E-state index contributed by atoms with van der Waals surface area (Å²) in [6.45, 7) is 2.24. The van der Waals surface area contributed by atoms with Crippen molar-refractivity contribution in [2.45, 2.75) is 6.92 Å². The Kier molecular flexibility index (Phi) is 9.08. The molecule has 3 aromatic carbocycles. The Morgan fingerprint density at radius 2 is 1.85 bits per heavy atom. The fourth-order valence-corrected chi connectivity index (χ4v) is 3.63. The molecule has 40 heavy (non-hydrogen) atoms. The highest BCUT2D eigenvalue weighted by molar-refractivity contribution is 5.92. The summed E-state index contributed by atoms with van der Waals surface area (Å²) in [7, 11) is 1.48. The van der Waals surface area contributed by atoms with Crippen LogP contribution >= 0.6 is 0 Å². The summed E-state index contributed by atoms with van der Waals surface area (Å²) < 4.78 is 16.4. The van der Waals surface area contributed by atoms with E-state index in [4.69, 9.17) is 14.2 Å². The van der Waals surface area contributed by atoms with E-state index in [1.165, 1.54) is 13.3 Å². The summed E-state index contributed by atoms with van der Waals surface area (Å²) in [6.07, 6.45) is 1.49. The Labute approximate surface area is 230 Å². The number of rotatable bonds is 11. The summed E-state index contributed by atoms with van der Waals surface area (Å²) in [5.74, 6) is 1.23. The molecule has 11 nitrogen and oxygen atoms in total. The first kappa shape index (κ1) is 27.4. The van der Waals surface area contributed by atoms with Crippen molar-refractivity contribution in [1.82, 2.24) is 9.97 Å². The van der Waals surface area contributed by atoms with E-state index in [1.807, 2.05) is 19.1 Å². The number of aromatic nitrogens is 2. The number of H-pyrrole nitrogens is 1. The Hall–Kier alpha value is -5.63. The molecule has 0 aliphatic carbocycles. The lowest BCUT2D eigenvalue weighted by Crippen LogP contribution is -2.20. The Balaban J connectivity index is 1.39. The van der Waals surface area contributed by atoms with E-state index in [0.29, 0.717) is 34.9 Å². The fraction of sp³-hybridized carbons (Fsp3) is 0.138. The molecule has 0 saturated heterocycles. The normalized spacial score (nSPS) is 10.5. The van der Waals surface area contributed by atoms with Crippen molar-refractivity contribution in [2.75, 3.05) is 31.1 Å². The lowest BCUT2D eigenvalue weighted by molar-refractivity contribution is -0.118. The van der Waals surface area contributed by atoms with Crippen LogP contribution < -0.4 is 30.5 Å². The SMILES string of the molecule is CCOc1ccc(NC(=O)COc2ccc(C=NNc3nc(-c4ccccc4)c(C#N)c(=O)[nH]3)cc2OC)cc1. The van der Waals surface area contributed by atoms with Gasteiger partial charge in [-0.25, -0.2) is 10.4 Å². The molecule has 0 saturated carbocycles. The molecule has 0 radical (unpaired) electrons. The second kappa shape index (κ2) is 13.3. The first-order chi connectivity index (χ1) is 19.5. The van der Waals surface area contributed by atoms with E-state index in [-0.39, 0.29) is 29.7 Å². The van der Waals surface area contributed by atoms with Gasteiger partial charge in [-0.1, -0.05) is 30.3 Å². The van der Waals surface area contributed by atoms with Gasteiger partial charge in [-0.15, -0.1) is 0 Å². The molecule has 1 amide bonds. The third-order valence-electron chi connectivity index (χ3n) is 5.46. The lowest BCUT2D eigenvalue weighted by Gasteiger charge is -2.12. The minimum Gasteiger partial charge on any atom is -0.494 e. The van der Waals surface area contributed by atoms with Crippen molar-refractivity contribution >= 4 is 23.8 Å². The van der Waals surface area contributed by atoms with Gasteiger partial charge in [0, 0.05) is 11.3 Å². The van der Waals surface area contributed by atoms with Crippen molar-refractivity contribution in [1.29, 1.82) is 5.26 Å². The smallest absolute Gasteiger partial charge is 0.270 e. The van der Waals surface area contributed by atoms with Crippen LogP contribution in [-0.2, 0) is 4.79 Å². The largest absolute Gasteiger partial charge is 0.494 e. The zero-order chi connectivity index (χ0) is 28.3. The van der Waals surface area contributed by atoms with Crippen LogP contribution in [0.2, 0.25) is 0 Å². The fourth-order valence-electron chi connectivity index (χ4n) is 3.63. The first-order valence-electron chi connectivity index (χ1n) is 12.2. The first-order valence-corrected chi connectivity index (χ1v) is 12.2. The van der Waals surface area contributed by atoms with Crippen LogP contribution in [0.1, 0.15) is 18.1 Å². The zero-order valence-electron chi connectivity index (χ0n) is 21.8. The molecule has 0 unspecified atom stereocenters. The maximum atomic E-state index is 12.4. The van der Waals surface area contributed by atoms with Crippen LogP contribution in [0.25, 0.3) is 11.3 Å². The number of hydrazone groups is 1. The van der Waals surface area contributed by atoms with E-state index in [9.17, 15) is 14.9 Å². The van der Waals surface area contributed by atoms with Crippen molar-refractivity contribution in [3.8, 4) is 34.6 Å². The number of nitriles is 1. The van der Waals surface area contributed by atoms with E-state index in [1.54, 1.807) is 66.7 Å². The number of carbonyl (C=O) groups is 1. The number of hydrogen-bond acceptors (Lipinski definition) is 9. The molecule has 202 valence electrons. The van der Waals surface area contributed by atoms with E-state index in [2.05, 4.69) is 25.8 Å². The molecule has 4 aromatic rings. The van der Waals surface area contributed by atoms with Crippen molar-refractivity contribution < 1.29 is 19.0 Å². The van der Waals surface area contributed by atoms with Gasteiger partial charge >= 0.3 is 0 Å². The number of benzene rings is 3. The van der Waals surface area contributed by atoms with E-state index < -0.39 is 5.56 Å². The van der Waals surface area contributed by atoms with Crippen LogP contribution in [0, 0.1) is 11.3 Å². The number of carbonyl (C=O) groups excluding carboxylic acids is 1. The minimum absolute atomic E-state index is 0.0737. The summed E-state index contributed by atoms with van der Waals surface area (Å²) >= 11 is 0. The summed E-state index contributed by atoms with van der Waals surface area (Å²) in [5, 5.41) is 16.3. The van der Waals surface area contributed by atoms with Gasteiger partial charge in [0.05, 0.1) is 25.6 Å². The highest BCUT2D eigenvalue weighted by atomic mass is 16.5. The quantitative estimate of drug-likeness (QED) is 0.190. The van der Waals surface area contributed by atoms with Gasteiger partial charge in [-0.3, -0.25) is 14.6 Å². The Morgan fingerprint density at radius 3 is 2.55 bits per heavy atom. The number of amides is 1. The van der Waals surface area contributed by atoms with Gasteiger partial charge in [0.1, 0.15) is 17.4 Å². The molecule has 0 atom stereocenters. The number of anilines is 2. The number of ether oxygens (including phenoxy) is 3. The molecule has 0 bridgehead atoms. The van der Waals surface area contributed by atoms with Gasteiger partial charge in [0.2, 0.25) is 5.95 Å². The average Bonchev–Trinajstić information content (AvgIpc) is 2.97. The monoisotopic (exact) mass is 538 g/mol.